The topological polar surface area (TPSA) is 50.8 Å². The SMILES string of the molecule is CN(CCC(=O)NCc1ccccc1F)C[C@H]1COc2ccccc2O1. The largest absolute Gasteiger partial charge is 0.486 e. The zero-order chi connectivity index (χ0) is 18.4. The molecule has 0 saturated heterocycles. The van der Waals surface area contributed by atoms with E-state index in [1.54, 1.807) is 18.2 Å². The molecule has 1 N–H and O–H groups in total. The van der Waals surface area contributed by atoms with Crippen molar-refractivity contribution in [3.8, 4) is 11.5 Å². The molecule has 0 radical (unpaired) electrons. The van der Waals surface area contributed by atoms with E-state index >= 15 is 0 Å². The van der Waals surface area contributed by atoms with Crippen LogP contribution >= 0.6 is 0 Å². The number of halogens is 1. The van der Waals surface area contributed by atoms with Gasteiger partial charge in [0.25, 0.3) is 0 Å². The summed E-state index contributed by atoms with van der Waals surface area (Å²) in [6.07, 6.45) is 0.270. The average molecular weight is 358 g/mol. The highest BCUT2D eigenvalue weighted by Gasteiger charge is 2.22. The predicted octanol–water partition coefficient (Wildman–Crippen LogP) is 2.60. The van der Waals surface area contributed by atoms with E-state index in [1.165, 1.54) is 6.07 Å². The van der Waals surface area contributed by atoms with Gasteiger partial charge in [-0.25, -0.2) is 4.39 Å². The first kappa shape index (κ1) is 18.2. The van der Waals surface area contributed by atoms with E-state index in [2.05, 4.69) is 5.32 Å². The molecule has 0 bridgehead atoms. The maximum atomic E-state index is 13.5. The summed E-state index contributed by atoms with van der Waals surface area (Å²) < 4.78 is 25.1. The zero-order valence-corrected chi connectivity index (χ0v) is 14.8. The third kappa shape index (κ3) is 4.95. The van der Waals surface area contributed by atoms with Gasteiger partial charge in [-0.15, -0.1) is 0 Å². The van der Waals surface area contributed by atoms with Crippen LogP contribution in [-0.2, 0) is 11.3 Å². The number of benzene rings is 2. The highest BCUT2D eigenvalue weighted by atomic mass is 19.1. The van der Waals surface area contributed by atoms with Crippen LogP contribution < -0.4 is 14.8 Å². The van der Waals surface area contributed by atoms with Crippen LogP contribution in [0.25, 0.3) is 0 Å². The van der Waals surface area contributed by atoms with Gasteiger partial charge in [0.1, 0.15) is 18.5 Å². The van der Waals surface area contributed by atoms with E-state index in [0.29, 0.717) is 31.7 Å². The van der Waals surface area contributed by atoms with E-state index in [-0.39, 0.29) is 24.4 Å². The third-order valence-electron chi connectivity index (χ3n) is 4.24. The first-order chi connectivity index (χ1) is 12.6. The Balaban J connectivity index is 1.38. The zero-order valence-electron chi connectivity index (χ0n) is 14.8. The lowest BCUT2D eigenvalue weighted by Crippen LogP contribution is -2.40. The molecule has 3 rings (SSSR count). The van der Waals surface area contributed by atoms with E-state index in [9.17, 15) is 9.18 Å². The number of para-hydroxylation sites is 2. The lowest BCUT2D eigenvalue weighted by Gasteiger charge is -2.29. The summed E-state index contributed by atoms with van der Waals surface area (Å²) in [5.41, 5.74) is 0.487. The summed E-state index contributed by atoms with van der Waals surface area (Å²) in [4.78, 5) is 14.0. The van der Waals surface area contributed by atoms with Crippen LogP contribution in [0, 0.1) is 5.82 Å². The summed E-state index contributed by atoms with van der Waals surface area (Å²) in [5.74, 6) is 1.10. The Morgan fingerprint density at radius 2 is 1.92 bits per heavy atom. The molecule has 5 nitrogen and oxygen atoms in total. The van der Waals surface area contributed by atoms with Crippen molar-refractivity contribution in [2.24, 2.45) is 0 Å². The van der Waals surface area contributed by atoms with Gasteiger partial charge >= 0.3 is 0 Å². The van der Waals surface area contributed by atoms with Gasteiger partial charge in [-0.3, -0.25) is 4.79 Å². The number of hydrogen-bond donors (Lipinski definition) is 1. The molecule has 0 aromatic heterocycles. The van der Waals surface area contributed by atoms with Crippen LogP contribution in [0.1, 0.15) is 12.0 Å². The average Bonchev–Trinajstić information content (AvgIpc) is 2.65. The van der Waals surface area contributed by atoms with Crippen molar-refractivity contribution < 1.29 is 18.7 Å². The smallest absolute Gasteiger partial charge is 0.221 e. The van der Waals surface area contributed by atoms with Crippen molar-refractivity contribution in [2.75, 3.05) is 26.7 Å². The number of fused-ring (bicyclic) bond motifs is 1. The minimum Gasteiger partial charge on any atom is -0.486 e. The van der Waals surface area contributed by atoms with Crippen LogP contribution in [0.2, 0.25) is 0 Å². The van der Waals surface area contributed by atoms with Gasteiger partial charge in [0.2, 0.25) is 5.91 Å². The van der Waals surface area contributed by atoms with Gasteiger partial charge < -0.3 is 19.7 Å². The highest BCUT2D eigenvalue weighted by Crippen LogP contribution is 2.30. The predicted molar refractivity (Wildman–Crippen MR) is 96.7 cm³/mol. The molecule has 0 saturated carbocycles. The molecule has 2 aromatic carbocycles. The van der Waals surface area contributed by atoms with Crippen LogP contribution in [0.15, 0.2) is 48.5 Å². The van der Waals surface area contributed by atoms with Crippen LogP contribution in [-0.4, -0.2) is 43.7 Å². The number of amides is 1. The minimum atomic E-state index is -0.306. The molecular weight excluding hydrogens is 335 g/mol. The number of nitrogens with one attached hydrogen (secondary N) is 1. The molecular formula is C20H23FN2O3. The second kappa shape index (κ2) is 8.67. The normalized spacial score (nSPS) is 15.7. The van der Waals surface area contributed by atoms with Gasteiger partial charge in [-0.05, 0) is 25.2 Å². The highest BCUT2D eigenvalue weighted by molar-refractivity contribution is 5.76. The first-order valence-electron chi connectivity index (χ1n) is 8.69. The monoisotopic (exact) mass is 358 g/mol. The number of likely N-dealkylation sites (N-methyl/N-ethyl adjacent to an activating group) is 1. The number of hydrogen-bond acceptors (Lipinski definition) is 4. The summed E-state index contributed by atoms with van der Waals surface area (Å²) in [7, 11) is 1.94. The van der Waals surface area contributed by atoms with Gasteiger partial charge in [-0.2, -0.15) is 0 Å². The van der Waals surface area contributed by atoms with Crippen molar-refractivity contribution in [3.63, 3.8) is 0 Å². The molecule has 1 amide bonds. The Labute approximate surface area is 152 Å². The molecule has 1 atom stereocenters. The lowest BCUT2D eigenvalue weighted by atomic mass is 10.2. The Morgan fingerprint density at radius 3 is 2.73 bits per heavy atom. The summed E-state index contributed by atoms with van der Waals surface area (Å²) in [6, 6.07) is 14.0. The van der Waals surface area contributed by atoms with Crippen molar-refractivity contribution in [1.82, 2.24) is 10.2 Å². The Morgan fingerprint density at radius 1 is 1.19 bits per heavy atom. The first-order valence-corrected chi connectivity index (χ1v) is 8.69. The standard InChI is InChI=1S/C20H23FN2O3/c1-23(13-16-14-25-18-8-4-5-9-19(18)26-16)11-10-20(24)22-12-15-6-2-3-7-17(15)21/h2-9,16H,10-14H2,1H3,(H,22,24)/t16-/m0/s1. The van der Waals surface area contributed by atoms with Gasteiger partial charge in [0.05, 0.1) is 0 Å². The summed E-state index contributed by atoms with van der Waals surface area (Å²) in [6.45, 7) is 1.94. The minimum absolute atomic E-state index is 0.0728. The van der Waals surface area contributed by atoms with Crippen molar-refractivity contribution in [3.05, 3.63) is 59.9 Å². The molecule has 1 aliphatic rings. The molecule has 1 heterocycles. The number of ether oxygens (including phenoxy) is 2. The Hall–Kier alpha value is -2.60. The molecule has 0 unspecified atom stereocenters. The maximum Gasteiger partial charge on any atom is 0.221 e. The molecule has 138 valence electrons. The number of carbonyl (C=O) groups excluding carboxylic acids is 1. The fourth-order valence-corrected chi connectivity index (χ4v) is 2.81. The molecule has 6 heteroatoms. The molecule has 26 heavy (non-hydrogen) atoms. The number of rotatable bonds is 7. The van der Waals surface area contributed by atoms with Crippen molar-refractivity contribution >= 4 is 5.91 Å². The number of carbonyl (C=O) groups is 1. The van der Waals surface area contributed by atoms with Gasteiger partial charge in [0.15, 0.2) is 11.5 Å². The van der Waals surface area contributed by atoms with Crippen molar-refractivity contribution in [1.29, 1.82) is 0 Å². The maximum absolute atomic E-state index is 13.5. The fourth-order valence-electron chi connectivity index (χ4n) is 2.81. The van der Waals surface area contributed by atoms with Crippen LogP contribution in [0.5, 0.6) is 11.5 Å². The Bertz CT molecular complexity index is 753. The fraction of sp³-hybridized carbons (Fsp3) is 0.350. The van der Waals surface area contributed by atoms with E-state index in [0.717, 1.165) is 11.5 Å². The summed E-state index contributed by atoms with van der Waals surface area (Å²) >= 11 is 0. The quantitative estimate of drug-likeness (QED) is 0.827. The summed E-state index contributed by atoms with van der Waals surface area (Å²) in [5, 5.41) is 2.75. The van der Waals surface area contributed by atoms with Crippen molar-refractivity contribution in [2.45, 2.75) is 19.1 Å². The molecule has 0 aliphatic carbocycles. The number of nitrogens with zero attached hydrogens (tertiary/aromatic N) is 1. The third-order valence-corrected chi connectivity index (χ3v) is 4.24. The van der Waals surface area contributed by atoms with Gasteiger partial charge in [-0.1, -0.05) is 30.3 Å². The molecule has 0 spiro atoms. The molecule has 2 aromatic rings. The second-order valence-electron chi connectivity index (χ2n) is 6.38. The van der Waals surface area contributed by atoms with E-state index < -0.39 is 0 Å². The Kier molecular flexibility index (Phi) is 6.07. The van der Waals surface area contributed by atoms with E-state index in [4.69, 9.17) is 9.47 Å². The van der Waals surface area contributed by atoms with Crippen LogP contribution in [0.4, 0.5) is 4.39 Å². The molecule has 1 aliphatic heterocycles. The van der Waals surface area contributed by atoms with Gasteiger partial charge in [0, 0.05) is 31.6 Å². The lowest BCUT2D eigenvalue weighted by molar-refractivity contribution is -0.121. The van der Waals surface area contributed by atoms with Crippen LogP contribution in [0.3, 0.4) is 0 Å². The molecule has 0 fully saturated rings. The van der Waals surface area contributed by atoms with E-state index in [1.807, 2.05) is 36.2 Å². The second-order valence-corrected chi connectivity index (χ2v) is 6.38.